The van der Waals surface area contributed by atoms with E-state index in [0.29, 0.717) is 45.4 Å². The molecule has 1 atom stereocenters. The Morgan fingerprint density at radius 2 is 1.93 bits per heavy atom. The maximum absolute atomic E-state index is 13.1. The van der Waals surface area contributed by atoms with Crippen LogP contribution in [-0.2, 0) is 26.2 Å². The third-order valence-corrected chi connectivity index (χ3v) is 6.39. The SMILES string of the molecule is CCN(Cc1ccccc1)C(=O)C1CCCN(S(C)(=O)=O)CCC(=O)NCC1. The number of hydrogen-bond acceptors (Lipinski definition) is 4. The molecule has 1 saturated heterocycles. The molecule has 1 aliphatic heterocycles. The maximum Gasteiger partial charge on any atom is 0.226 e. The number of carbonyl (C=O) groups is 2. The quantitative estimate of drug-likeness (QED) is 0.800. The van der Waals surface area contributed by atoms with Crippen molar-refractivity contribution in [3.05, 3.63) is 35.9 Å². The van der Waals surface area contributed by atoms with Crippen molar-refractivity contribution in [2.45, 2.75) is 39.2 Å². The molecule has 1 aliphatic rings. The van der Waals surface area contributed by atoms with Gasteiger partial charge in [-0.15, -0.1) is 0 Å². The molecule has 1 aromatic carbocycles. The van der Waals surface area contributed by atoms with Gasteiger partial charge in [0, 0.05) is 45.1 Å². The van der Waals surface area contributed by atoms with Gasteiger partial charge in [0.15, 0.2) is 0 Å². The lowest BCUT2D eigenvalue weighted by Gasteiger charge is -2.27. The number of nitrogens with one attached hydrogen (secondary N) is 1. The predicted molar refractivity (Wildman–Crippen MR) is 109 cm³/mol. The standard InChI is InChI=1S/C20H31N3O4S/c1-3-22(16-17-8-5-4-6-9-17)20(25)18-10-7-14-23(28(2,26)27)15-12-19(24)21-13-11-18/h4-6,8-9,18H,3,7,10-16H2,1-2H3,(H,21,24). The van der Waals surface area contributed by atoms with E-state index >= 15 is 0 Å². The summed E-state index contributed by atoms with van der Waals surface area (Å²) in [5.41, 5.74) is 1.07. The zero-order valence-electron chi connectivity index (χ0n) is 16.8. The average Bonchev–Trinajstić information content (AvgIpc) is 2.70. The zero-order chi connectivity index (χ0) is 20.6. The summed E-state index contributed by atoms with van der Waals surface area (Å²) in [5, 5.41) is 2.81. The Labute approximate surface area is 168 Å². The molecule has 0 saturated carbocycles. The molecule has 0 radical (unpaired) electrons. The minimum absolute atomic E-state index is 0.0609. The van der Waals surface area contributed by atoms with E-state index in [0.717, 1.165) is 11.8 Å². The van der Waals surface area contributed by atoms with E-state index in [1.807, 2.05) is 42.2 Å². The van der Waals surface area contributed by atoms with Crippen molar-refractivity contribution in [3.8, 4) is 0 Å². The van der Waals surface area contributed by atoms with Crippen molar-refractivity contribution in [2.24, 2.45) is 5.92 Å². The molecular formula is C20H31N3O4S. The highest BCUT2D eigenvalue weighted by molar-refractivity contribution is 7.88. The Morgan fingerprint density at radius 3 is 2.57 bits per heavy atom. The van der Waals surface area contributed by atoms with Crippen LogP contribution in [0, 0.1) is 5.92 Å². The highest BCUT2D eigenvalue weighted by Gasteiger charge is 2.26. The van der Waals surface area contributed by atoms with Gasteiger partial charge >= 0.3 is 0 Å². The van der Waals surface area contributed by atoms with Gasteiger partial charge in [-0.3, -0.25) is 9.59 Å². The number of carbonyl (C=O) groups excluding carboxylic acids is 2. The summed E-state index contributed by atoms with van der Waals surface area (Å²) in [5.74, 6) is -0.354. The molecule has 1 heterocycles. The average molecular weight is 410 g/mol. The summed E-state index contributed by atoms with van der Waals surface area (Å²) < 4.78 is 25.2. The number of nitrogens with zero attached hydrogens (tertiary/aromatic N) is 2. The molecule has 156 valence electrons. The Hall–Kier alpha value is -1.93. The lowest BCUT2D eigenvalue weighted by atomic mass is 9.97. The molecule has 0 aliphatic carbocycles. The highest BCUT2D eigenvalue weighted by atomic mass is 32.2. The fourth-order valence-corrected chi connectivity index (χ4v) is 4.34. The maximum atomic E-state index is 13.1. The Morgan fingerprint density at radius 1 is 1.21 bits per heavy atom. The van der Waals surface area contributed by atoms with Gasteiger partial charge < -0.3 is 10.2 Å². The molecule has 1 unspecified atom stereocenters. The van der Waals surface area contributed by atoms with Crippen LogP contribution in [0.1, 0.15) is 38.2 Å². The minimum Gasteiger partial charge on any atom is -0.356 e. The second-order valence-corrected chi connectivity index (χ2v) is 9.21. The van der Waals surface area contributed by atoms with Gasteiger partial charge in [0.1, 0.15) is 0 Å². The van der Waals surface area contributed by atoms with Crippen LogP contribution in [0.5, 0.6) is 0 Å². The Balaban J connectivity index is 2.08. The molecular weight excluding hydrogens is 378 g/mol. The molecule has 1 aromatic rings. The van der Waals surface area contributed by atoms with Gasteiger partial charge in [-0.2, -0.15) is 0 Å². The first-order valence-electron chi connectivity index (χ1n) is 9.85. The van der Waals surface area contributed by atoms with Crippen molar-refractivity contribution in [1.82, 2.24) is 14.5 Å². The Kier molecular flexibility index (Phi) is 8.44. The number of sulfonamides is 1. The Bertz CT molecular complexity index is 752. The molecule has 2 rings (SSSR count). The monoisotopic (exact) mass is 409 g/mol. The number of benzene rings is 1. The van der Waals surface area contributed by atoms with Crippen molar-refractivity contribution >= 4 is 21.8 Å². The second kappa shape index (κ2) is 10.6. The van der Waals surface area contributed by atoms with E-state index in [9.17, 15) is 18.0 Å². The van der Waals surface area contributed by atoms with E-state index in [1.165, 1.54) is 4.31 Å². The van der Waals surface area contributed by atoms with E-state index in [4.69, 9.17) is 0 Å². The molecule has 8 heteroatoms. The van der Waals surface area contributed by atoms with Gasteiger partial charge in [-0.25, -0.2) is 12.7 Å². The predicted octanol–water partition coefficient (Wildman–Crippen LogP) is 1.60. The first-order valence-corrected chi connectivity index (χ1v) is 11.7. The van der Waals surface area contributed by atoms with E-state index in [2.05, 4.69) is 5.32 Å². The van der Waals surface area contributed by atoms with Crippen LogP contribution in [-0.4, -0.2) is 61.9 Å². The van der Waals surface area contributed by atoms with Crippen molar-refractivity contribution in [1.29, 1.82) is 0 Å². The lowest BCUT2D eigenvalue weighted by Crippen LogP contribution is -2.37. The van der Waals surface area contributed by atoms with Crippen LogP contribution in [0.15, 0.2) is 30.3 Å². The molecule has 0 spiro atoms. The van der Waals surface area contributed by atoms with Gasteiger partial charge in [0.2, 0.25) is 21.8 Å². The third-order valence-electron chi connectivity index (χ3n) is 5.09. The minimum atomic E-state index is -3.37. The van der Waals surface area contributed by atoms with Gasteiger partial charge in [-0.1, -0.05) is 30.3 Å². The fraction of sp³-hybridized carbons (Fsp3) is 0.600. The van der Waals surface area contributed by atoms with Crippen molar-refractivity contribution in [2.75, 3.05) is 32.4 Å². The molecule has 7 nitrogen and oxygen atoms in total. The van der Waals surface area contributed by atoms with Gasteiger partial charge in [0.25, 0.3) is 0 Å². The zero-order valence-corrected chi connectivity index (χ0v) is 17.6. The van der Waals surface area contributed by atoms with Crippen LogP contribution in [0.2, 0.25) is 0 Å². The van der Waals surface area contributed by atoms with Gasteiger partial charge in [0.05, 0.1) is 6.26 Å². The van der Waals surface area contributed by atoms with Crippen molar-refractivity contribution in [3.63, 3.8) is 0 Å². The molecule has 0 bridgehead atoms. The van der Waals surface area contributed by atoms with Crippen LogP contribution in [0.3, 0.4) is 0 Å². The summed E-state index contributed by atoms with van der Waals surface area (Å²) in [4.78, 5) is 26.9. The number of amides is 2. The van der Waals surface area contributed by atoms with Crippen molar-refractivity contribution < 1.29 is 18.0 Å². The van der Waals surface area contributed by atoms with E-state index in [1.54, 1.807) is 0 Å². The van der Waals surface area contributed by atoms with Crippen LogP contribution in [0.25, 0.3) is 0 Å². The normalized spacial score (nSPS) is 20.1. The molecule has 1 N–H and O–H groups in total. The topological polar surface area (TPSA) is 86.8 Å². The van der Waals surface area contributed by atoms with E-state index in [-0.39, 0.29) is 30.7 Å². The first-order chi connectivity index (χ1) is 13.3. The molecule has 1 fully saturated rings. The smallest absolute Gasteiger partial charge is 0.226 e. The van der Waals surface area contributed by atoms with Crippen LogP contribution >= 0.6 is 0 Å². The lowest BCUT2D eigenvalue weighted by molar-refractivity contribution is -0.136. The number of rotatable bonds is 5. The summed E-state index contributed by atoms with van der Waals surface area (Å²) in [6.07, 6.45) is 3.06. The summed E-state index contributed by atoms with van der Waals surface area (Å²) in [7, 11) is -3.37. The second-order valence-electron chi connectivity index (χ2n) is 7.23. The van der Waals surface area contributed by atoms with Crippen LogP contribution in [0.4, 0.5) is 0 Å². The summed E-state index contributed by atoms with van der Waals surface area (Å²) in [6.45, 7) is 4.05. The van der Waals surface area contributed by atoms with Gasteiger partial charge in [-0.05, 0) is 31.7 Å². The highest BCUT2D eigenvalue weighted by Crippen LogP contribution is 2.18. The summed E-state index contributed by atoms with van der Waals surface area (Å²) >= 11 is 0. The number of hydrogen-bond donors (Lipinski definition) is 1. The fourth-order valence-electron chi connectivity index (χ4n) is 3.46. The molecule has 0 aromatic heterocycles. The third kappa shape index (κ3) is 6.91. The largest absolute Gasteiger partial charge is 0.356 e. The summed E-state index contributed by atoms with van der Waals surface area (Å²) in [6, 6.07) is 9.85. The molecule has 28 heavy (non-hydrogen) atoms. The first kappa shape index (κ1) is 22.4. The molecule has 2 amide bonds. The van der Waals surface area contributed by atoms with Crippen LogP contribution < -0.4 is 5.32 Å². The van der Waals surface area contributed by atoms with E-state index < -0.39 is 10.0 Å².